The van der Waals surface area contributed by atoms with Gasteiger partial charge in [-0.2, -0.15) is 0 Å². The molecular formula is C13H19ClN4O2. The van der Waals surface area contributed by atoms with Crippen LogP contribution in [-0.4, -0.2) is 24.6 Å². The maximum Gasteiger partial charge on any atom is 0.321 e. The first-order chi connectivity index (χ1) is 9.21. The van der Waals surface area contributed by atoms with E-state index in [-0.39, 0.29) is 11.5 Å². The van der Waals surface area contributed by atoms with Gasteiger partial charge in [0, 0.05) is 11.2 Å². The second-order valence-electron chi connectivity index (χ2n) is 5.18. The Morgan fingerprint density at radius 3 is 2.50 bits per heavy atom. The van der Waals surface area contributed by atoms with Crippen molar-refractivity contribution in [2.24, 2.45) is 0 Å². The summed E-state index contributed by atoms with van der Waals surface area (Å²) in [5.41, 5.74) is 0.213. The quantitative estimate of drug-likeness (QED) is 0.500. The minimum atomic E-state index is -0.449. The fourth-order valence-corrected chi connectivity index (χ4v) is 1.66. The van der Waals surface area contributed by atoms with Crippen LogP contribution in [0.25, 0.3) is 0 Å². The van der Waals surface area contributed by atoms with E-state index in [1.54, 1.807) is 18.2 Å². The molecule has 4 N–H and O–H groups in total. The molecule has 0 saturated carbocycles. The third-order valence-electron chi connectivity index (χ3n) is 2.15. The summed E-state index contributed by atoms with van der Waals surface area (Å²) in [6, 6.07) is 4.53. The smallest absolute Gasteiger partial charge is 0.321 e. The zero-order valence-electron chi connectivity index (χ0n) is 11.9. The third-order valence-corrected chi connectivity index (χ3v) is 2.44. The first-order valence-corrected chi connectivity index (χ1v) is 6.37. The van der Waals surface area contributed by atoms with Crippen molar-refractivity contribution in [1.29, 1.82) is 5.41 Å². The predicted octanol–water partition coefficient (Wildman–Crippen LogP) is 2.79. The molecule has 0 aliphatic carbocycles. The molecule has 0 spiro atoms. The summed E-state index contributed by atoms with van der Waals surface area (Å²) < 4.78 is 5.03. The highest BCUT2D eigenvalue weighted by Gasteiger charge is 2.14. The van der Waals surface area contributed by atoms with Crippen molar-refractivity contribution >= 4 is 29.3 Å². The molecule has 0 atom stereocenters. The van der Waals surface area contributed by atoms with E-state index in [1.165, 1.54) is 7.11 Å². The molecule has 0 bridgehead atoms. The van der Waals surface area contributed by atoms with Crippen LogP contribution < -0.4 is 20.7 Å². The Kier molecular flexibility index (Phi) is 5.21. The fourth-order valence-electron chi connectivity index (χ4n) is 1.41. The molecule has 0 heterocycles. The molecule has 0 unspecified atom stereocenters. The standard InChI is InChI=1S/C13H19ClN4O2/c1-13(2,3)18-12(19)17-11(15)16-8-5-6-10(20-4)9(14)7-8/h5-7H,1-4H3,(H4,15,16,17,18,19). The van der Waals surface area contributed by atoms with Crippen LogP contribution in [-0.2, 0) is 0 Å². The molecule has 1 rings (SSSR count). The maximum atomic E-state index is 11.6. The SMILES string of the molecule is COc1ccc(NC(=N)NC(=O)NC(C)(C)C)cc1Cl. The number of nitrogens with one attached hydrogen (secondary N) is 4. The van der Waals surface area contributed by atoms with E-state index in [2.05, 4.69) is 16.0 Å². The number of hydrogen-bond acceptors (Lipinski definition) is 3. The Bertz CT molecular complexity index is 512. The van der Waals surface area contributed by atoms with Crippen molar-refractivity contribution in [3.05, 3.63) is 23.2 Å². The molecule has 6 nitrogen and oxygen atoms in total. The summed E-state index contributed by atoms with van der Waals surface area (Å²) in [6.45, 7) is 5.56. The van der Waals surface area contributed by atoms with Gasteiger partial charge in [-0.1, -0.05) is 11.6 Å². The molecule has 0 fully saturated rings. The second-order valence-corrected chi connectivity index (χ2v) is 5.59. The Labute approximate surface area is 123 Å². The summed E-state index contributed by atoms with van der Waals surface area (Å²) >= 11 is 5.97. The van der Waals surface area contributed by atoms with Gasteiger partial charge in [-0.05, 0) is 39.0 Å². The van der Waals surface area contributed by atoms with Crippen LogP contribution in [0.15, 0.2) is 18.2 Å². The molecule has 0 aliphatic heterocycles. The number of guanidine groups is 1. The van der Waals surface area contributed by atoms with E-state index in [0.717, 1.165) is 0 Å². The number of rotatable bonds is 2. The number of carbonyl (C=O) groups is 1. The zero-order valence-corrected chi connectivity index (χ0v) is 12.7. The van der Waals surface area contributed by atoms with E-state index in [0.29, 0.717) is 16.5 Å². The van der Waals surface area contributed by atoms with Crippen LogP contribution >= 0.6 is 11.6 Å². The Hall–Kier alpha value is -1.95. The number of anilines is 1. The van der Waals surface area contributed by atoms with Gasteiger partial charge in [-0.15, -0.1) is 0 Å². The summed E-state index contributed by atoms with van der Waals surface area (Å²) in [6.07, 6.45) is 0. The summed E-state index contributed by atoms with van der Waals surface area (Å²) in [7, 11) is 1.52. The minimum absolute atomic E-state index is 0.145. The van der Waals surface area contributed by atoms with Crippen molar-refractivity contribution < 1.29 is 9.53 Å². The highest BCUT2D eigenvalue weighted by molar-refractivity contribution is 6.32. The van der Waals surface area contributed by atoms with Crippen LogP contribution in [0, 0.1) is 5.41 Å². The lowest BCUT2D eigenvalue weighted by atomic mass is 10.1. The Balaban J connectivity index is 2.58. The zero-order chi connectivity index (χ0) is 15.3. The summed E-state index contributed by atoms with van der Waals surface area (Å²) in [5.74, 6) is 0.398. The van der Waals surface area contributed by atoms with Gasteiger partial charge in [-0.25, -0.2) is 4.79 Å². The molecule has 7 heteroatoms. The van der Waals surface area contributed by atoms with Crippen molar-refractivity contribution in [2.75, 3.05) is 12.4 Å². The van der Waals surface area contributed by atoms with Crippen molar-refractivity contribution in [2.45, 2.75) is 26.3 Å². The number of benzene rings is 1. The van der Waals surface area contributed by atoms with E-state index in [9.17, 15) is 4.79 Å². The lowest BCUT2D eigenvalue weighted by molar-refractivity contribution is 0.236. The van der Waals surface area contributed by atoms with Gasteiger partial charge in [0.2, 0.25) is 5.96 Å². The van der Waals surface area contributed by atoms with E-state index >= 15 is 0 Å². The van der Waals surface area contributed by atoms with Crippen molar-refractivity contribution in [3.8, 4) is 5.75 Å². The first kappa shape index (κ1) is 16.1. The van der Waals surface area contributed by atoms with Crippen LogP contribution in [0.2, 0.25) is 5.02 Å². The van der Waals surface area contributed by atoms with E-state index in [4.69, 9.17) is 21.7 Å². The number of urea groups is 1. The number of carbonyl (C=O) groups excluding carboxylic acids is 1. The average molecular weight is 299 g/mol. The van der Waals surface area contributed by atoms with Gasteiger partial charge in [0.25, 0.3) is 0 Å². The monoisotopic (exact) mass is 298 g/mol. The van der Waals surface area contributed by atoms with Gasteiger partial charge in [0.05, 0.1) is 12.1 Å². The van der Waals surface area contributed by atoms with Gasteiger partial charge < -0.3 is 15.4 Å². The second kappa shape index (κ2) is 6.47. The number of hydrogen-bond donors (Lipinski definition) is 4. The number of amides is 2. The Morgan fingerprint density at radius 2 is 2.00 bits per heavy atom. The van der Waals surface area contributed by atoms with Gasteiger partial charge in [0.15, 0.2) is 0 Å². The molecule has 1 aromatic carbocycles. The topological polar surface area (TPSA) is 86.2 Å². The number of halogens is 1. The third kappa shape index (κ3) is 5.36. The molecule has 0 aromatic heterocycles. The minimum Gasteiger partial charge on any atom is -0.495 e. The van der Waals surface area contributed by atoms with E-state index < -0.39 is 6.03 Å². The lowest BCUT2D eigenvalue weighted by Gasteiger charge is -2.21. The highest BCUT2D eigenvalue weighted by Crippen LogP contribution is 2.26. The lowest BCUT2D eigenvalue weighted by Crippen LogP contribution is -2.49. The Morgan fingerprint density at radius 1 is 1.35 bits per heavy atom. The first-order valence-electron chi connectivity index (χ1n) is 5.99. The molecule has 0 aliphatic rings. The van der Waals surface area contributed by atoms with Crippen molar-refractivity contribution in [3.63, 3.8) is 0 Å². The van der Waals surface area contributed by atoms with Gasteiger partial charge in [-0.3, -0.25) is 10.7 Å². The maximum absolute atomic E-state index is 11.6. The largest absolute Gasteiger partial charge is 0.495 e. The summed E-state index contributed by atoms with van der Waals surface area (Å²) in [4.78, 5) is 11.6. The normalized spacial score (nSPS) is 10.7. The molecular weight excluding hydrogens is 280 g/mol. The molecule has 1 aromatic rings. The highest BCUT2D eigenvalue weighted by atomic mass is 35.5. The molecule has 0 saturated heterocycles. The molecule has 20 heavy (non-hydrogen) atoms. The number of methoxy groups -OCH3 is 1. The van der Waals surface area contributed by atoms with E-state index in [1.807, 2.05) is 20.8 Å². The molecule has 0 radical (unpaired) electrons. The van der Waals surface area contributed by atoms with Gasteiger partial charge in [0.1, 0.15) is 5.75 Å². The van der Waals surface area contributed by atoms with Crippen LogP contribution in [0.3, 0.4) is 0 Å². The number of ether oxygens (including phenoxy) is 1. The van der Waals surface area contributed by atoms with Crippen molar-refractivity contribution in [1.82, 2.24) is 10.6 Å². The average Bonchev–Trinajstić information content (AvgIpc) is 2.25. The van der Waals surface area contributed by atoms with Crippen LogP contribution in [0.5, 0.6) is 5.75 Å². The molecule has 110 valence electrons. The van der Waals surface area contributed by atoms with Crippen LogP contribution in [0.4, 0.5) is 10.5 Å². The fraction of sp³-hybridized carbons (Fsp3) is 0.385. The predicted molar refractivity (Wildman–Crippen MR) is 80.8 cm³/mol. The summed E-state index contributed by atoms with van der Waals surface area (Å²) in [5, 5.41) is 15.9. The molecule has 2 amide bonds. The van der Waals surface area contributed by atoms with Crippen LogP contribution in [0.1, 0.15) is 20.8 Å². The van der Waals surface area contributed by atoms with Gasteiger partial charge >= 0.3 is 6.03 Å².